The molecule has 2 fully saturated rings. The average Bonchev–Trinajstić information content (AvgIpc) is 3.19. The van der Waals surface area contributed by atoms with Gasteiger partial charge in [-0.2, -0.15) is 0 Å². The normalized spacial score (nSPS) is 29.6. The van der Waals surface area contributed by atoms with E-state index in [-0.39, 0.29) is 0 Å². The van der Waals surface area contributed by atoms with Crippen LogP contribution in [0.25, 0.3) is 0 Å². The first kappa shape index (κ1) is 13.1. The van der Waals surface area contributed by atoms with Gasteiger partial charge in [-0.1, -0.05) is 38.1 Å². The van der Waals surface area contributed by atoms with Crippen molar-refractivity contribution in [3.63, 3.8) is 0 Å². The molecule has 0 spiro atoms. The monoisotopic (exact) mass is 258 g/mol. The van der Waals surface area contributed by atoms with Crippen LogP contribution in [0, 0.1) is 11.8 Å². The lowest BCUT2D eigenvalue weighted by atomic mass is 10.0. The second kappa shape index (κ2) is 5.26. The van der Waals surface area contributed by atoms with Gasteiger partial charge >= 0.3 is 0 Å². The van der Waals surface area contributed by atoms with Gasteiger partial charge in [0.2, 0.25) is 0 Å². The van der Waals surface area contributed by atoms with Crippen LogP contribution in [-0.4, -0.2) is 24.5 Å². The van der Waals surface area contributed by atoms with Crippen molar-refractivity contribution in [2.75, 3.05) is 19.6 Å². The molecule has 19 heavy (non-hydrogen) atoms. The standard InChI is InChI=1S/C17H26N2/c1-12-10-19(11-13(12)2)17(9-18)16-5-3-4-15(8-16)14-6-7-14/h3-5,8,12-14,17H,6-7,9-11,18H2,1-2H3. The maximum atomic E-state index is 6.08. The van der Waals surface area contributed by atoms with Gasteiger partial charge in [0, 0.05) is 25.7 Å². The highest BCUT2D eigenvalue weighted by atomic mass is 15.2. The van der Waals surface area contributed by atoms with E-state index in [1.807, 2.05) is 0 Å². The Morgan fingerprint density at radius 2 is 1.89 bits per heavy atom. The molecule has 3 atom stereocenters. The van der Waals surface area contributed by atoms with Crippen LogP contribution in [0.3, 0.4) is 0 Å². The minimum atomic E-state index is 0.408. The first-order valence-corrected chi connectivity index (χ1v) is 7.73. The van der Waals surface area contributed by atoms with Gasteiger partial charge in [-0.25, -0.2) is 0 Å². The highest BCUT2D eigenvalue weighted by Gasteiger charge is 2.31. The summed E-state index contributed by atoms with van der Waals surface area (Å²) >= 11 is 0. The summed E-state index contributed by atoms with van der Waals surface area (Å²) in [5, 5.41) is 0. The van der Waals surface area contributed by atoms with Gasteiger partial charge < -0.3 is 5.73 Å². The Bertz CT molecular complexity index is 429. The topological polar surface area (TPSA) is 29.3 Å². The third-order valence-electron chi connectivity index (χ3n) is 5.02. The molecule has 2 aliphatic rings. The summed E-state index contributed by atoms with van der Waals surface area (Å²) in [6.07, 6.45) is 2.74. The van der Waals surface area contributed by atoms with Crippen LogP contribution >= 0.6 is 0 Å². The van der Waals surface area contributed by atoms with E-state index in [1.54, 1.807) is 0 Å². The first-order valence-electron chi connectivity index (χ1n) is 7.73. The van der Waals surface area contributed by atoms with Crippen LogP contribution < -0.4 is 5.73 Å². The molecule has 1 aromatic rings. The second-order valence-corrected chi connectivity index (χ2v) is 6.60. The summed E-state index contributed by atoms with van der Waals surface area (Å²) in [7, 11) is 0. The number of hydrogen-bond donors (Lipinski definition) is 1. The molecule has 2 heteroatoms. The SMILES string of the molecule is CC1CN(C(CN)c2cccc(C3CC3)c2)CC1C. The summed E-state index contributed by atoms with van der Waals surface area (Å²) in [6, 6.07) is 9.57. The highest BCUT2D eigenvalue weighted by molar-refractivity contribution is 5.31. The lowest BCUT2D eigenvalue weighted by Gasteiger charge is -2.27. The zero-order valence-electron chi connectivity index (χ0n) is 12.2. The van der Waals surface area contributed by atoms with Crippen LogP contribution in [0.15, 0.2) is 24.3 Å². The van der Waals surface area contributed by atoms with Crippen molar-refractivity contribution < 1.29 is 0 Å². The van der Waals surface area contributed by atoms with E-state index in [2.05, 4.69) is 43.0 Å². The fourth-order valence-electron chi connectivity index (χ4n) is 3.36. The molecule has 3 unspecified atom stereocenters. The quantitative estimate of drug-likeness (QED) is 0.899. The average molecular weight is 258 g/mol. The van der Waals surface area contributed by atoms with E-state index in [0.29, 0.717) is 6.04 Å². The van der Waals surface area contributed by atoms with Crippen LogP contribution in [0.2, 0.25) is 0 Å². The summed E-state index contributed by atoms with van der Waals surface area (Å²) in [5.74, 6) is 2.41. The molecule has 1 saturated carbocycles. The Hall–Kier alpha value is -0.860. The zero-order chi connectivity index (χ0) is 13.4. The summed E-state index contributed by atoms with van der Waals surface area (Å²) in [6.45, 7) is 7.83. The maximum absolute atomic E-state index is 6.08. The van der Waals surface area contributed by atoms with Gasteiger partial charge in [0.15, 0.2) is 0 Å². The fraction of sp³-hybridized carbons (Fsp3) is 0.647. The lowest BCUT2D eigenvalue weighted by Crippen LogP contribution is -2.32. The molecular formula is C17H26N2. The number of nitrogens with zero attached hydrogens (tertiary/aromatic N) is 1. The number of nitrogens with two attached hydrogens (primary N) is 1. The van der Waals surface area contributed by atoms with Crippen molar-refractivity contribution in [3.05, 3.63) is 35.4 Å². The number of benzene rings is 1. The van der Waals surface area contributed by atoms with Gasteiger partial charge in [0.1, 0.15) is 0 Å². The van der Waals surface area contributed by atoms with Crippen molar-refractivity contribution in [1.29, 1.82) is 0 Å². The maximum Gasteiger partial charge on any atom is 0.0470 e. The summed E-state index contributed by atoms with van der Waals surface area (Å²) in [5.41, 5.74) is 9.02. The molecule has 104 valence electrons. The summed E-state index contributed by atoms with van der Waals surface area (Å²) < 4.78 is 0. The molecule has 1 saturated heterocycles. The predicted octanol–water partition coefficient (Wildman–Crippen LogP) is 3.15. The number of likely N-dealkylation sites (tertiary alicyclic amines) is 1. The minimum Gasteiger partial charge on any atom is -0.329 e. The molecule has 3 rings (SSSR count). The Morgan fingerprint density at radius 3 is 2.47 bits per heavy atom. The molecule has 1 aliphatic carbocycles. The van der Waals surface area contributed by atoms with Crippen LogP contribution in [-0.2, 0) is 0 Å². The van der Waals surface area contributed by atoms with Crippen molar-refractivity contribution in [1.82, 2.24) is 4.90 Å². The highest BCUT2D eigenvalue weighted by Crippen LogP contribution is 2.41. The molecule has 0 aromatic heterocycles. The second-order valence-electron chi connectivity index (χ2n) is 6.60. The van der Waals surface area contributed by atoms with Gasteiger partial charge in [-0.3, -0.25) is 4.90 Å². The molecule has 1 heterocycles. The molecule has 0 radical (unpaired) electrons. The van der Waals surface area contributed by atoms with Crippen LogP contribution in [0.1, 0.15) is 49.8 Å². The first-order chi connectivity index (χ1) is 9.19. The predicted molar refractivity (Wildman–Crippen MR) is 80.1 cm³/mol. The Balaban J connectivity index is 1.79. The van der Waals surface area contributed by atoms with Crippen LogP contribution in [0.4, 0.5) is 0 Å². The fourth-order valence-corrected chi connectivity index (χ4v) is 3.36. The van der Waals surface area contributed by atoms with Crippen molar-refractivity contribution in [3.8, 4) is 0 Å². The Kier molecular flexibility index (Phi) is 3.64. The third-order valence-corrected chi connectivity index (χ3v) is 5.02. The van der Waals surface area contributed by atoms with E-state index in [0.717, 1.165) is 24.3 Å². The van der Waals surface area contributed by atoms with Crippen LogP contribution in [0.5, 0.6) is 0 Å². The smallest absolute Gasteiger partial charge is 0.0470 e. The molecule has 0 bridgehead atoms. The van der Waals surface area contributed by atoms with E-state index < -0.39 is 0 Å². The molecule has 2 nitrogen and oxygen atoms in total. The zero-order valence-corrected chi connectivity index (χ0v) is 12.2. The summed E-state index contributed by atoms with van der Waals surface area (Å²) in [4.78, 5) is 2.58. The van der Waals surface area contributed by atoms with Crippen molar-refractivity contribution >= 4 is 0 Å². The van der Waals surface area contributed by atoms with E-state index in [4.69, 9.17) is 5.73 Å². The molecule has 1 aromatic carbocycles. The van der Waals surface area contributed by atoms with Gasteiger partial charge in [0.25, 0.3) is 0 Å². The van der Waals surface area contributed by atoms with Gasteiger partial charge in [0.05, 0.1) is 0 Å². The van der Waals surface area contributed by atoms with E-state index in [1.165, 1.54) is 37.1 Å². The number of rotatable bonds is 4. The van der Waals surface area contributed by atoms with E-state index >= 15 is 0 Å². The number of hydrogen-bond acceptors (Lipinski definition) is 2. The van der Waals surface area contributed by atoms with Crippen molar-refractivity contribution in [2.45, 2.75) is 38.6 Å². The van der Waals surface area contributed by atoms with Gasteiger partial charge in [-0.15, -0.1) is 0 Å². The Morgan fingerprint density at radius 1 is 1.21 bits per heavy atom. The Labute approximate surface area is 117 Å². The molecule has 1 aliphatic heterocycles. The minimum absolute atomic E-state index is 0.408. The lowest BCUT2D eigenvalue weighted by molar-refractivity contribution is 0.240. The molecular weight excluding hydrogens is 232 g/mol. The van der Waals surface area contributed by atoms with Gasteiger partial charge in [-0.05, 0) is 41.7 Å². The third kappa shape index (κ3) is 2.70. The van der Waals surface area contributed by atoms with E-state index in [9.17, 15) is 0 Å². The molecule has 0 amide bonds. The largest absolute Gasteiger partial charge is 0.329 e. The molecule has 2 N–H and O–H groups in total. The van der Waals surface area contributed by atoms with Crippen molar-refractivity contribution in [2.24, 2.45) is 17.6 Å².